The average Bonchev–Trinajstić information content (AvgIpc) is 2.48. The Bertz CT molecular complexity index is 588. The first kappa shape index (κ1) is 14.3. The van der Waals surface area contributed by atoms with Gasteiger partial charge in [0.1, 0.15) is 0 Å². The second kappa shape index (κ2) is 6.00. The van der Waals surface area contributed by atoms with Crippen molar-refractivity contribution in [2.24, 2.45) is 5.84 Å². The Morgan fingerprint density at radius 2 is 1.71 bits per heavy atom. The summed E-state index contributed by atoms with van der Waals surface area (Å²) in [6.45, 7) is 2.18. The largest absolute Gasteiger partial charge is 0.271 e. The maximum Gasteiger partial charge on any atom is 0.0347 e. The van der Waals surface area contributed by atoms with E-state index in [1.165, 1.54) is 36.0 Å². The van der Waals surface area contributed by atoms with E-state index in [9.17, 15) is 0 Å². The minimum atomic E-state index is 0.193. The summed E-state index contributed by atoms with van der Waals surface area (Å²) in [6, 6.07) is 19.8. The van der Waals surface area contributed by atoms with Crippen LogP contribution in [0.3, 0.4) is 0 Å². The zero-order chi connectivity index (χ0) is 14.7. The average molecular weight is 280 g/mol. The van der Waals surface area contributed by atoms with Crippen LogP contribution in [0.5, 0.6) is 0 Å². The van der Waals surface area contributed by atoms with Crippen molar-refractivity contribution in [2.45, 2.75) is 44.1 Å². The first-order chi connectivity index (χ1) is 10.3. The zero-order valence-electron chi connectivity index (χ0n) is 12.7. The van der Waals surface area contributed by atoms with Gasteiger partial charge in [-0.1, -0.05) is 61.0 Å². The molecule has 1 saturated carbocycles. The summed E-state index contributed by atoms with van der Waals surface area (Å²) in [5.41, 5.74) is 7.47. The summed E-state index contributed by atoms with van der Waals surface area (Å²) >= 11 is 0. The molecule has 1 atom stereocenters. The number of nitrogens with one attached hydrogen (secondary N) is 1. The molecule has 1 unspecified atom stereocenters. The summed E-state index contributed by atoms with van der Waals surface area (Å²) in [4.78, 5) is 0. The Labute approximate surface area is 127 Å². The van der Waals surface area contributed by atoms with Gasteiger partial charge in [0.25, 0.3) is 0 Å². The second-order valence-electron chi connectivity index (χ2n) is 6.23. The van der Waals surface area contributed by atoms with Gasteiger partial charge in [0.15, 0.2) is 0 Å². The van der Waals surface area contributed by atoms with Crippen molar-refractivity contribution in [3.05, 3.63) is 71.3 Å². The van der Waals surface area contributed by atoms with Crippen molar-refractivity contribution in [1.82, 2.24) is 5.43 Å². The van der Waals surface area contributed by atoms with E-state index in [1.807, 2.05) is 0 Å². The van der Waals surface area contributed by atoms with E-state index in [4.69, 9.17) is 5.84 Å². The first-order valence-corrected chi connectivity index (χ1v) is 7.82. The van der Waals surface area contributed by atoms with Gasteiger partial charge < -0.3 is 0 Å². The molecule has 2 aromatic carbocycles. The monoisotopic (exact) mass is 280 g/mol. The van der Waals surface area contributed by atoms with Gasteiger partial charge in [0.05, 0.1) is 0 Å². The van der Waals surface area contributed by atoms with Crippen LogP contribution in [0.4, 0.5) is 0 Å². The van der Waals surface area contributed by atoms with Gasteiger partial charge in [-0.05, 0) is 42.9 Å². The van der Waals surface area contributed by atoms with E-state index < -0.39 is 0 Å². The highest BCUT2D eigenvalue weighted by Gasteiger charge is 2.44. The van der Waals surface area contributed by atoms with Crippen LogP contribution in [0.2, 0.25) is 0 Å². The van der Waals surface area contributed by atoms with Crippen molar-refractivity contribution >= 4 is 0 Å². The van der Waals surface area contributed by atoms with Gasteiger partial charge in [-0.15, -0.1) is 0 Å². The SMILES string of the molecule is Cc1ccccc1CC(NN)C1(c2ccccc2)CCC1. The number of aryl methyl sites for hydroxylation is 1. The van der Waals surface area contributed by atoms with E-state index in [0.717, 1.165) is 6.42 Å². The van der Waals surface area contributed by atoms with Gasteiger partial charge in [0, 0.05) is 11.5 Å². The second-order valence-corrected chi connectivity index (χ2v) is 6.23. The molecule has 0 saturated heterocycles. The van der Waals surface area contributed by atoms with Crippen molar-refractivity contribution in [2.75, 3.05) is 0 Å². The molecule has 1 fully saturated rings. The molecule has 1 aliphatic rings. The molecule has 3 rings (SSSR count). The number of hydrogen-bond donors (Lipinski definition) is 2. The molecule has 2 nitrogen and oxygen atoms in total. The minimum absolute atomic E-state index is 0.193. The van der Waals surface area contributed by atoms with Crippen LogP contribution in [0, 0.1) is 6.92 Å². The summed E-state index contributed by atoms with van der Waals surface area (Å²) in [6.07, 6.45) is 4.72. The van der Waals surface area contributed by atoms with Gasteiger partial charge >= 0.3 is 0 Å². The minimum Gasteiger partial charge on any atom is -0.271 e. The third kappa shape index (κ3) is 2.61. The lowest BCUT2D eigenvalue weighted by atomic mass is 9.59. The number of hydrogen-bond acceptors (Lipinski definition) is 2. The van der Waals surface area contributed by atoms with Crippen LogP contribution >= 0.6 is 0 Å². The van der Waals surface area contributed by atoms with Gasteiger partial charge in [-0.3, -0.25) is 11.3 Å². The van der Waals surface area contributed by atoms with E-state index >= 15 is 0 Å². The summed E-state index contributed by atoms with van der Waals surface area (Å²) in [5.74, 6) is 5.95. The molecule has 0 aromatic heterocycles. The summed E-state index contributed by atoms with van der Waals surface area (Å²) in [7, 11) is 0. The number of nitrogens with two attached hydrogens (primary N) is 1. The Morgan fingerprint density at radius 1 is 1.05 bits per heavy atom. The van der Waals surface area contributed by atoms with Crippen molar-refractivity contribution < 1.29 is 0 Å². The topological polar surface area (TPSA) is 38.0 Å². The fourth-order valence-corrected chi connectivity index (χ4v) is 3.64. The molecular weight excluding hydrogens is 256 g/mol. The fourth-order valence-electron chi connectivity index (χ4n) is 3.64. The zero-order valence-corrected chi connectivity index (χ0v) is 12.7. The maximum atomic E-state index is 5.95. The molecule has 3 N–H and O–H groups in total. The molecular formula is C19H24N2. The number of benzene rings is 2. The molecule has 0 radical (unpaired) electrons. The molecule has 0 aliphatic heterocycles. The third-order valence-electron chi connectivity index (χ3n) is 5.15. The molecule has 110 valence electrons. The first-order valence-electron chi connectivity index (χ1n) is 7.82. The van der Waals surface area contributed by atoms with Gasteiger partial charge in [-0.2, -0.15) is 0 Å². The lowest BCUT2D eigenvalue weighted by Crippen LogP contribution is -2.56. The summed E-state index contributed by atoms with van der Waals surface area (Å²) in [5, 5.41) is 0. The molecule has 2 heteroatoms. The predicted octanol–water partition coefficient (Wildman–Crippen LogP) is 3.49. The van der Waals surface area contributed by atoms with Gasteiger partial charge in [-0.25, -0.2) is 0 Å². The predicted molar refractivity (Wildman–Crippen MR) is 88.0 cm³/mol. The van der Waals surface area contributed by atoms with Crippen LogP contribution in [-0.4, -0.2) is 6.04 Å². The highest BCUT2D eigenvalue weighted by molar-refractivity contribution is 5.33. The molecule has 0 spiro atoms. The quantitative estimate of drug-likeness (QED) is 0.650. The van der Waals surface area contributed by atoms with Crippen molar-refractivity contribution in [3.63, 3.8) is 0 Å². The molecule has 0 heterocycles. The standard InChI is InChI=1S/C19H24N2/c1-15-8-5-6-9-16(15)14-18(21-20)19(12-7-13-19)17-10-3-2-4-11-17/h2-6,8-11,18,21H,7,12-14,20H2,1H3. The summed E-state index contributed by atoms with van der Waals surface area (Å²) < 4.78 is 0. The Kier molecular flexibility index (Phi) is 4.09. The van der Waals surface area contributed by atoms with E-state index in [0.29, 0.717) is 0 Å². The lowest BCUT2D eigenvalue weighted by Gasteiger charge is -2.48. The third-order valence-corrected chi connectivity index (χ3v) is 5.15. The number of rotatable bonds is 5. The van der Waals surface area contributed by atoms with Crippen LogP contribution < -0.4 is 11.3 Å². The Hall–Kier alpha value is -1.64. The molecule has 0 amide bonds. The lowest BCUT2D eigenvalue weighted by molar-refractivity contribution is 0.168. The van der Waals surface area contributed by atoms with Crippen LogP contribution in [0.15, 0.2) is 54.6 Å². The van der Waals surface area contributed by atoms with Crippen molar-refractivity contribution in [3.8, 4) is 0 Å². The highest BCUT2D eigenvalue weighted by atomic mass is 15.2. The smallest absolute Gasteiger partial charge is 0.0347 e. The Morgan fingerprint density at radius 3 is 2.29 bits per heavy atom. The number of hydrazine groups is 1. The normalized spacial score (nSPS) is 18.0. The van der Waals surface area contributed by atoms with Crippen molar-refractivity contribution in [1.29, 1.82) is 0 Å². The molecule has 2 aromatic rings. The van der Waals surface area contributed by atoms with Crippen LogP contribution in [-0.2, 0) is 11.8 Å². The van der Waals surface area contributed by atoms with Gasteiger partial charge in [0.2, 0.25) is 0 Å². The van der Waals surface area contributed by atoms with Crippen LogP contribution in [0.1, 0.15) is 36.0 Å². The van der Waals surface area contributed by atoms with Crippen LogP contribution in [0.25, 0.3) is 0 Å². The fraction of sp³-hybridized carbons (Fsp3) is 0.368. The molecule has 0 bridgehead atoms. The molecule has 21 heavy (non-hydrogen) atoms. The molecule has 1 aliphatic carbocycles. The highest BCUT2D eigenvalue weighted by Crippen LogP contribution is 2.47. The Balaban J connectivity index is 1.90. The maximum absolute atomic E-state index is 5.95. The van der Waals surface area contributed by atoms with E-state index in [-0.39, 0.29) is 11.5 Å². The van der Waals surface area contributed by atoms with E-state index in [2.05, 4.69) is 66.9 Å². The van der Waals surface area contributed by atoms with E-state index in [1.54, 1.807) is 0 Å².